The molecule has 1 spiro atoms. The maximum atomic E-state index is 13.2. The Labute approximate surface area is 121 Å². The van der Waals surface area contributed by atoms with Crippen LogP contribution >= 0.6 is 22.6 Å². The number of benzene rings is 1. The van der Waals surface area contributed by atoms with E-state index in [2.05, 4.69) is 32.8 Å². The van der Waals surface area contributed by atoms with Crippen LogP contribution in [0.3, 0.4) is 0 Å². The first-order chi connectivity index (χ1) is 8.69. The van der Waals surface area contributed by atoms with Crippen LogP contribution in [-0.4, -0.2) is 25.2 Å². The molecule has 2 fully saturated rings. The average Bonchev–Trinajstić information content (AvgIpc) is 2.77. The molecule has 4 heteroatoms. The van der Waals surface area contributed by atoms with Crippen molar-refractivity contribution in [2.45, 2.75) is 31.2 Å². The van der Waals surface area contributed by atoms with E-state index in [9.17, 15) is 4.39 Å². The lowest BCUT2D eigenvalue weighted by molar-refractivity contribution is 0.303. The van der Waals surface area contributed by atoms with E-state index >= 15 is 0 Å². The minimum absolute atomic E-state index is 0.145. The summed E-state index contributed by atoms with van der Waals surface area (Å²) in [5, 5.41) is 3.71. The number of hydrogen-bond acceptors (Lipinski definition) is 2. The van der Waals surface area contributed by atoms with Crippen LogP contribution in [0.1, 0.15) is 25.7 Å². The topological polar surface area (TPSA) is 15.3 Å². The molecule has 0 bridgehead atoms. The third kappa shape index (κ3) is 2.37. The second-order valence-electron chi connectivity index (χ2n) is 5.43. The van der Waals surface area contributed by atoms with Gasteiger partial charge < -0.3 is 10.2 Å². The summed E-state index contributed by atoms with van der Waals surface area (Å²) in [6.07, 6.45) is 5.23. The average molecular weight is 360 g/mol. The molecular weight excluding hydrogens is 342 g/mol. The highest BCUT2D eigenvalue weighted by molar-refractivity contribution is 14.1. The first-order valence-electron chi connectivity index (χ1n) is 6.64. The number of rotatable bonds is 1. The Morgan fingerprint density at radius 2 is 2.06 bits per heavy atom. The minimum Gasteiger partial charge on any atom is -0.368 e. The lowest BCUT2D eigenvalue weighted by atomic mass is 9.94. The van der Waals surface area contributed by atoms with Gasteiger partial charge in [-0.25, -0.2) is 4.39 Å². The molecule has 18 heavy (non-hydrogen) atoms. The van der Waals surface area contributed by atoms with E-state index in [4.69, 9.17) is 0 Å². The molecule has 1 aliphatic carbocycles. The van der Waals surface area contributed by atoms with E-state index in [1.54, 1.807) is 12.1 Å². The SMILES string of the molecule is Fc1ccc(N2CCNC3(CCCC3)C2)c(I)c1. The van der Waals surface area contributed by atoms with Gasteiger partial charge in [0.1, 0.15) is 5.82 Å². The summed E-state index contributed by atoms with van der Waals surface area (Å²) in [5.74, 6) is -0.145. The van der Waals surface area contributed by atoms with Gasteiger partial charge in [0.15, 0.2) is 0 Å². The highest BCUT2D eigenvalue weighted by atomic mass is 127. The summed E-state index contributed by atoms with van der Waals surface area (Å²) in [7, 11) is 0. The van der Waals surface area contributed by atoms with Crippen LogP contribution < -0.4 is 10.2 Å². The smallest absolute Gasteiger partial charge is 0.124 e. The van der Waals surface area contributed by atoms with E-state index in [-0.39, 0.29) is 5.82 Å². The van der Waals surface area contributed by atoms with E-state index in [0.717, 1.165) is 23.2 Å². The first kappa shape index (κ1) is 12.7. The molecule has 1 saturated carbocycles. The fourth-order valence-electron chi connectivity index (χ4n) is 3.29. The van der Waals surface area contributed by atoms with Crippen molar-refractivity contribution < 1.29 is 4.39 Å². The Hall–Kier alpha value is -0.360. The van der Waals surface area contributed by atoms with Crippen LogP contribution in [-0.2, 0) is 0 Å². The van der Waals surface area contributed by atoms with Gasteiger partial charge in [0.25, 0.3) is 0 Å². The largest absolute Gasteiger partial charge is 0.368 e. The van der Waals surface area contributed by atoms with Gasteiger partial charge >= 0.3 is 0 Å². The number of nitrogens with zero attached hydrogens (tertiary/aromatic N) is 1. The molecule has 1 aromatic rings. The van der Waals surface area contributed by atoms with Gasteiger partial charge in [0.2, 0.25) is 0 Å². The van der Waals surface area contributed by atoms with Crippen molar-refractivity contribution in [2.24, 2.45) is 0 Å². The molecule has 0 amide bonds. The Bertz CT molecular complexity index is 443. The summed E-state index contributed by atoms with van der Waals surface area (Å²) in [6.45, 7) is 3.12. The van der Waals surface area contributed by atoms with Crippen LogP contribution in [0, 0.1) is 9.39 Å². The second-order valence-corrected chi connectivity index (χ2v) is 6.59. The van der Waals surface area contributed by atoms with Gasteiger partial charge in [0, 0.05) is 28.7 Å². The lowest BCUT2D eigenvalue weighted by Crippen LogP contribution is -2.59. The zero-order valence-electron chi connectivity index (χ0n) is 10.4. The first-order valence-corrected chi connectivity index (χ1v) is 7.72. The lowest BCUT2D eigenvalue weighted by Gasteiger charge is -2.43. The van der Waals surface area contributed by atoms with Gasteiger partial charge in [-0.2, -0.15) is 0 Å². The maximum absolute atomic E-state index is 13.2. The number of hydrogen-bond donors (Lipinski definition) is 1. The van der Waals surface area contributed by atoms with Crippen LogP contribution in [0.5, 0.6) is 0 Å². The van der Waals surface area contributed by atoms with E-state index in [1.165, 1.54) is 31.4 Å². The number of halogens is 2. The quantitative estimate of drug-likeness (QED) is 0.775. The molecule has 2 aliphatic rings. The molecule has 1 saturated heterocycles. The molecular formula is C14H18FIN2. The normalized spacial score (nSPS) is 22.7. The molecule has 3 rings (SSSR count). The fraction of sp³-hybridized carbons (Fsp3) is 0.571. The van der Waals surface area contributed by atoms with Crippen molar-refractivity contribution in [3.63, 3.8) is 0 Å². The molecule has 1 aliphatic heterocycles. The molecule has 1 aromatic carbocycles. The summed E-state index contributed by atoms with van der Waals surface area (Å²) in [4.78, 5) is 2.42. The Morgan fingerprint density at radius 1 is 1.28 bits per heavy atom. The highest BCUT2D eigenvalue weighted by Crippen LogP contribution is 2.34. The molecule has 2 nitrogen and oxygen atoms in total. The van der Waals surface area contributed by atoms with Crippen molar-refractivity contribution in [2.75, 3.05) is 24.5 Å². The van der Waals surface area contributed by atoms with E-state index < -0.39 is 0 Å². The number of nitrogens with one attached hydrogen (secondary N) is 1. The van der Waals surface area contributed by atoms with Gasteiger partial charge in [-0.15, -0.1) is 0 Å². The molecule has 0 aromatic heterocycles. The van der Waals surface area contributed by atoms with Crippen LogP contribution in [0.15, 0.2) is 18.2 Å². The summed E-state index contributed by atoms with van der Waals surface area (Å²) in [5.41, 5.74) is 1.50. The highest BCUT2D eigenvalue weighted by Gasteiger charge is 2.37. The van der Waals surface area contributed by atoms with Crippen molar-refractivity contribution in [1.82, 2.24) is 5.32 Å². The molecule has 1 heterocycles. The van der Waals surface area contributed by atoms with E-state index in [0.29, 0.717) is 5.54 Å². The zero-order valence-corrected chi connectivity index (χ0v) is 12.5. The Balaban J connectivity index is 1.83. The number of anilines is 1. The Morgan fingerprint density at radius 3 is 2.78 bits per heavy atom. The standard InChI is InChI=1S/C14H18FIN2/c15-11-3-4-13(12(16)9-11)18-8-7-17-14(10-18)5-1-2-6-14/h3-4,9,17H,1-2,5-8,10H2. The second kappa shape index (κ2) is 4.96. The van der Waals surface area contributed by atoms with Crippen molar-refractivity contribution in [3.05, 3.63) is 27.6 Å². The summed E-state index contributed by atoms with van der Waals surface area (Å²) in [6, 6.07) is 5.12. The molecule has 98 valence electrons. The van der Waals surface area contributed by atoms with E-state index in [1.807, 2.05) is 6.07 Å². The monoisotopic (exact) mass is 360 g/mol. The third-order valence-corrected chi connectivity index (χ3v) is 5.05. The minimum atomic E-state index is -0.145. The van der Waals surface area contributed by atoms with Crippen molar-refractivity contribution in [1.29, 1.82) is 0 Å². The molecule has 0 atom stereocenters. The summed E-state index contributed by atoms with van der Waals surface area (Å²) < 4.78 is 14.2. The zero-order chi connectivity index (χ0) is 12.6. The molecule has 1 N–H and O–H groups in total. The molecule has 0 unspecified atom stereocenters. The van der Waals surface area contributed by atoms with Crippen molar-refractivity contribution in [3.8, 4) is 0 Å². The summed E-state index contributed by atoms with van der Waals surface area (Å²) >= 11 is 2.24. The maximum Gasteiger partial charge on any atom is 0.124 e. The van der Waals surface area contributed by atoms with Gasteiger partial charge in [-0.05, 0) is 53.6 Å². The van der Waals surface area contributed by atoms with Crippen LogP contribution in [0.25, 0.3) is 0 Å². The van der Waals surface area contributed by atoms with Gasteiger partial charge in [0.05, 0.1) is 5.69 Å². The van der Waals surface area contributed by atoms with Gasteiger partial charge in [-0.1, -0.05) is 12.8 Å². The van der Waals surface area contributed by atoms with Crippen LogP contribution in [0.4, 0.5) is 10.1 Å². The third-order valence-electron chi connectivity index (χ3n) is 4.19. The predicted molar refractivity (Wildman–Crippen MR) is 80.5 cm³/mol. The molecule has 0 radical (unpaired) electrons. The van der Waals surface area contributed by atoms with Gasteiger partial charge in [-0.3, -0.25) is 0 Å². The number of piperazine rings is 1. The van der Waals surface area contributed by atoms with Crippen molar-refractivity contribution >= 4 is 28.3 Å². The predicted octanol–water partition coefficient (Wildman–Crippen LogP) is 3.15. The Kier molecular flexibility index (Phi) is 3.49. The van der Waals surface area contributed by atoms with Crippen LogP contribution in [0.2, 0.25) is 0 Å². The fourth-order valence-corrected chi connectivity index (χ4v) is 4.10.